The van der Waals surface area contributed by atoms with Crippen molar-refractivity contribution in [1.29, 1.82) is 0 Å². The molecule has 0 bridgehead atoms. The lowest BCUT2D eigenvalue weighted by atomic mass is 10.0. The van der Waals surface area contributed by atoms with Gasteiger partial charge in [-0.05, 0) is 24.3 Å². The van der Waals surface area contributed by atoms with Gasteiger partial charge in [0.2, 0.25) is 5.91 Å². The highest BCUT2D eigenvalue weighted by Gasteiger charge is 2.32. The Morgan fingerprint density at radius 3 is 2.62 bits per heavy atom. The fraction of sp³-hybridized carbons (Fsp3) is 0.125. The number of Topliss-reactive ketones (excluding diaryl/α,β-unsaturated/α-hetero) is 1. The van der Waals surface area contributed by atoms with Crippen molar-refractivity contribution in [3.63, 3.8) is 0 Å². The van der Waals surface area contributed by atoms with Crippen LogP contribution in [0.5, 0.6) is 0 Å². The minimum absolute atomic E-state index is 0.00346. The summed E-state index contributed by atoms with van der Waals surface area (Å²) in [5, 5.41) is 1.76. The molecule has 1 aliphatic rings. The van der Waals surface area contributed by atoms with Crippen LogP contribution in [0.25, 0.3) is 11.9 Å². The number of hydrogen-bond acceptors (Lipinski definition) is 4. The molecule has 3 heterocycles. The molecular weight excluding hydrogens is 375 g/mol. The topological polar surface area (TPSA) is 81.1 Å². The van der Waals surface area contributed by atoms with Crippen LogP contribution in [0.15, 0.2) is 36.2 Å². The van der Waals surface area contributed by atoms with Gasteiger partial charge in [0.05, 0.1) is 22.6 Å². The van der Waals surface area contributed by atoms with Crippen molar-refractivity contribution in [1.82, 2.24) is 14.9 Å². The molecule has 1 N–H and O–H groups in total. The summed E-state index contributed by atoms with van der Waals surface area (Å²) in [6.45, 7) is 0. The van der Waals surface area contributed by atoms with Crippen LogP contribution in [0.1, 0.15) is 17.7 Å². The highest BCUT2D eigenvalue weighted by atomic mass is 35.5. The van der Waals surface area contributed by atoms with Crippen LogP contribution in [0.4, 0.5) is 13.2 Å². The van der Waals surface area contributed by atoms with Gasteiger partial charge >= 0.3 is 6.18 Å². The first kappa shape index (κ1) is 17.9. The van der Waals surface area contributed by atoms with Crippen molar-refractivity contribution in [3.8, 4) is 5.82 Å². The molecule has 10 heteroatoms. The van der Waals surface area contributed by atoms with Crippen molar-refractivity contribution < 1.29 is 27.6 Å². The Bertz CT molecular complexity index is 941. The Morgan fingerprint density at radius 1 is 1.27 bits per heavy atom. The van der Waals surface area contributed by atoms with Gasteiger partial charge in [0.1, 0.15) is 0 Å². The number of hydrogen-bond donors (Lipinski definition) is 1. The molecule has 3 rings (SSSR count). The first-order chi connectivity index (χ1) is 12.2. The number of nitrogens with one attached hydrogen (secondary N) is 1. The summed E-state index contributed by atoms with van der Waals surface area (Å²) in [7, 11) is 0. The summed E-state index contributed by atoms with van der Waals surface area (Å²) in [6.07, 6.45) is -1.73. The predicted molar refractivity (Wildman–Crippen MR) is 84.3 cm³/mol. The van der Waals surface area contributed by atoms with Crippen LogP contribution >= 0.6 is 11.6 Å². The first-order valence-electron chi connectivity index (χ1n) is 7.16. The molecule has 1 saturated heterocycles. The molecule has 1 aliphatic heterocycles. The number of ketones is 1. The molecule has 0 saturated carbocycles. The summed E-state index contributed by atoms with van der Waals surface area (Å²) >= 11 is 5.92. The molecule has 0 radical (unpaired) electrons. The van der Waals surface area contributed by atoms with Crippen LogP contribution < -0.4 is 5.32 Å². The minimum atomic E-state index is -4.59. The Hall–Kier alpha value is -2.94. The molecule has 2 amide bonds. The molecule has 26 heavy (non-hydrogen) atoms. The molecule has 2 aromatic heterocycles. The lowest BCUT2D eigenvalue weighted by Gasteiger charge is -2.14. The number of amides is 2. The van der Waals surface area contributed by atoms with E-state index in [1.807, 2.05) is 5.32 Å². The van der Waals surface area contributed by atoms with Gasteiger partial charge in [0, 0.05) is 18.1 Å². The summed E-state index contributed by atoms with van der Waals surface area (Å²) in [5.74, 6) is -2.19. The molecule has 6 nitrogen and oxygen atoms in total. The van der Waals surface area contributed by atoms with Gasteiger partial charge in [0.15, 0.2) is 11.6 Å². The molecule has 0 atom stereocenters. The summed E-state index contributed by atoms with van der Waals surface area (Å²) in [6, 6.07) is 3.79. The van der Waals surface area contributed by atoms with Gasteiger partial charge in [-0.3, -0.25) is 19.7 Å². The van der Waals surface area contributed by atoms with E-state index >= 15 is 0 Å². The van der Waals surface area contributed by atoms with Crippen molar-refractivity contribution >= 4 is 35.3 Å². The summed E-state index contributed by atoms with van der Waals surface area (Å²) in [4.78, 5) is 38.6. The summed E-state index contributed by atoms with van der Waals surface area (Å²) in [5.41, 5.74) is -0.960. The van der Waals surface area contributed by atoms with E-state index in [4.69, 9.17) is 11.6 Å². The first-order valence-corrected chi connectivity index (χ1v) is 7.54. The molecular formula is C16H9ClF3N3O3. The van der Waals surface area contributed by atoms with Gasteiger partial charge in [0.25, 0.3) is 5.91 Å². The fourth-order valence-electron chi connectivity index (χ4n) is 2.37. The zero-order chi connectivity index (χ0) is 19.1. The molecule has 0 aliphatic carbocycles. The van der Waals surface area contributed by atoms with E-state index in [1.165, 1.54) is 22.9 Å². The number of imide groups is 1. The number of carbonyl (C=O) groups is 3. The third-order valence-electron chi connectivity index (χ3n) is 3.57. The Labute approximate surface area is 149 Å². The van der Waals surface area contributed by atoms with Crippen molar-refractivity contribution in [2.24, 2.45) is 0 Å². The number of rotatable bonds is 2. The highest BCUT2D eigenvalue weighted by Crippen LogP contribution is 2.32. The largest absolute Gasteiger partial charge is 0.417 e. The second-order valence-electron chi connectivity index (χ2n) is 5.37. The van der Waals surface area contributed by atoms with E-state index in [2.05, 4.69) is 4.98 Å². The standard InChI is InChI=1S/C16H9ClF3N3O3/c17-11-4-8(16(18,19)20)7-21-14(11)23-3-1-2-9(23)5-10-12(24)6-13(25)22-15(10)26/h1-5,7H,6H2,(H,22,25,26). The number of halogens is 4. The highest BCUT2D eigenvalue weighted by molar-refractivity contribution is 6.33. The third kappa shape index (κ3) is 3.38. The van der Waals surface area contributed by atoms with Crippen LogP contribution in [0.2, 0.25) is 5.02 Å². The van der Waals surface area contributed by atoms with Crippen LogP contribution in [-0.4, -0.2) is 27.1 Å². The van der Waals surface area contributed by atoms with E-state index in [0.29, 0.717) is 6.20 Å². The fourth-order valence-corrected chi connectivity index (χ4v) is 2.62. The SMILES string of the molecule is O=C1CC(=O)C(=Cc2cccn2-c2ncc(C(F)(F)F)cc2Cl)C(=O)N1. The van der Waals surface area contributed by atoms with E-state index in [0.717, 1.165) is 6.07 Å². The van der Waals surface area contributed by atoms with Crippen LogP contribution in [-0.2, 0) is 20.6 Å². The number of pyridine rings is 1. The number of piperidine rings is 1. The predicted octanol–water partition coefficient (Wildman–Crippen LogP) is 2.54. The van der Waals surface area contributed by atoms with Gasteiger partial charge in [-0.1, -0.05) is 11.6 Å². The monoisotopic (exact) mass is 383 g/mol. The average Bonchev–Trinajstić information content (AvgIpc) is 2.97. The second-order valence-corrected chi connectivity index (χ2v) is 5.77. The van der Waals surface area contributed by atoms with Gasteiger partial charge < -0.3 is 4.57 Å². The number of nitrogens with zero attached hydrogens (tertiary/aromatic N) is 2. The molecule has 0 unspecified atom stereocenters. The van der Waals surface area contributed by atoms with E-state index < -0.39 is 35.8 Å². The molecule has 2 aromatic rings. The second kappa shape index (κ2) is 6.41. The average molecular weight is 384 g/mol. The maximum absolute atomic E-state index is 12.7. The van der Waals surface area contributed by atoms with E-state index in [9.17, 15) is 27.6 Å². The lowest BCUT2D eigenvalue weighted by Crippen LogP contribution is -2.40. The van der Waals surface area contributed by atoms with Crippen molar-refractivity contribution in [2.45, 2.75) is 12.6 Å². The van der Waals surface area contributed by atoms with Crippen molar-refractivity contribution in [3.05, 3.63) is 52.4 Å². The zero-order valence-electron chi connectivity index (χ0n) is 12.8. The van der Waals surface area contributed by atoms with E-state index in [-0.39, 0.29) is 22.1 Å². The minimum Gasteiger partial charge on any atom is -0.301 e. The Morgan fingerprint density at radius 2 is 2.00 bits per heavy atom. The number of carbonyl (C=O) groups excluding carboxylic acids is 3. The summed E-state index contributed by atoms with van der Waals surface area (Å²) < 4.78 is 39.5. The van der Waals surface area contributed by atoms with Gasteiger partial charge in [-0.2, -0.15) is 13.2 Å². The Kier molecular flexibility index (Phi) is 4.41. The van der Waals surface area contributed by atoms with Crippen LogP contribution in [0, 0.1) is 0 Å². The quantitative estimate of drug-likeness (QED) is 0.374. The smallest absolute Gasteiger partial charge is 0.301 e. The molecule has 1 fully saturated rings. The third-order valence-corrected chi connectivity index (χ3v) is 3.85. The molecule has 134 valence electrons. The normalized spacial score (nSPS) is 16.9. The Balaban J connectivity index is 2.02. The van der Waals surface area contributed by atoms with Gasteiger partial charge in [-0.25, -0.2) is 4.98 Å². The number of aromatic nitrogens is 2. The van der Waals surface area contributed by atoms with E-state index in [1.54, 1.807) is 6.07 Å². The zero-order valence-corrected chi connectivity index (χ0v) is 13.6. The molecule has 0 aromatic carbocycles. The number of alkyl halides is 3. The maximum atomic E-state index is 12.7. The van der Waals surface area contributed by atoms with Gasteiger partial charge in [-0.15, -0.1) is 0 Å². The maximum Gasteiger partial charge on any atom is 0.417 e. The molecule has 0 spiro atoms. The van der Waals surface area contributed by atoms with Crippen LogP contribution in [0.3, 0.4) is 0 Å². The van der Waals surface area contributed by atoms with Crippen molar-refractivity contribution in [2.75, 3.05) is 0 Å². The lowest BCUT2D eigenvalue weighted by molar-refractivity contribution is -0.138.